The number of likely N-dealkylation sites (tertiary alicyclic amines) is 1. The van der Waals surface area contributed by atoms with Gasteiger partial charge in [0.15, 0.2) is 6.10 Å². The van der Waals surface area contributed by atoms with E-state index in [0.717, 1.165) is 4.90 Å². The van der Waals surface area contributed by atoms with E-state index < -0.39 is 57.8 Å². The summed E-state index contributed by atoms with van der Waals surface area (Å²) >= 11 is 20.6. The van der Waals surface area contributed by atoms with Gasteiger partial charge in [-0.2, -0.15) is 0 Å². The van der Waals surface area contributed by atoms with Crippen molar-refractivity contribution in [2.24, 2.45) is 11.8 Å². The van der Waals surface area contributed by atoms with E-state index in [0.29, 0.717) is 32.8 Å². The lowest BCUT2D eigenvalue weighted by molar-refractivity contribution is -0.154. The second-order valence-electron chi connectivity index (χ2n) is 9.74. The molecule has 1 saturated heterocycles. The number of benzene rings is 3. The van der Waals surface area contributed by atoms with E-state index in [9.17, 15) is 19.2 Å². The quantitative estimate of drug-likeness (QED) is 0.186. The predicted octanol–water partition coefficient (Wildman–Crippen LogP) is 5.05. The molecule has 1 aliphatic heterocycles. The zero-order valence-electron chi connectivity index (χ0n) is 20.0. The number of halogens is 3. The number of carbonyl (C=O) groups is 4. The molecular formula is C29H20Cl3NO5. The SMILES string of the molecule is C[C@H](OC(=O)CN1C(=O)[C@H]2[C@H](C1=O)C1(Cl)c3ccccc3C2(Cl)c2ccccc21)C(=O)c1ccc(Cl)cc1. The van der Waals surface area contributed by atoms with Crippen LogP contribution in [0.5, 0.6) is 0 Å². The highest BCUT2D eigenvalue weighted by molar-refractivity contribution is 6.36. The normalized spacial score (nSPS) is 27.4. The number of hydrogen-bond acceptors (Lipinski definition) is 5. The first kappa shape index (κ1) is 25.1. The highest BCUT2D eigenvalue weighted by Gasteiger charge is 2.73. The highest BCUT2D eigenvalue weighted by Crippen LogP contribution is 2.69. The van der Waals surface area contributed by atoms with Crippen LogP contribution in [-0.2, 0) is 28.9 Å². The van der Waals surface area contributed by atoms with Crippen LogP contribution in [0.25, 0.3) is 0 Å². The summed E-state index contributed by atoms with van der Waals surface area (Å²) in [5, 5.41) is 0.464. The Bertz CT molecular complexity index is 1410. The summed E-state index contributed by atoms with van der Waals surface area (Å²) < 4.78 is 5.32. The van der Waals surface area contributed by atoms with Gasteiger partial charge >= 0.3 is 5.97 Å². The number of rotatable bonds is 5. The number of carbonyl (C=O) groups excluding carboxylic acids is 4. The Hall–Kier alpha value is -3.19. The maximum Gasteiger partial charge on any atom is 0.326 e. The minimum absolute atomic E-state index is 0.314. The monoisotopic (exact) mass is 567 g/mol. The van der Waals surface area contributed by atoms with Gasteiger partial charge in [-0.15, -0.1) is 23.2 Å². The largest absolute Gasteiger partial charge is 0.453 e. The van der Waals surface area contributed by atoms with Crippen LogP contribution in [0.1, 0.15) is 39.5 Å². The summed E-state index contributed by atoms with van der Waals surface area (Å²) in [5.74, 6) is -4.56. The molecule has 3 aromatic carbocycles. The zero-order valence-corrected chi connectivity index (χ0v) is 22.3. The van der Waals surface area contributed by atoms with Gasteiger partial charge in [0.2, 0.25) is 17.6 Å². The van der Waals surface area contributed by atoms with Crippen LogP contribution >= 0.6 is 34.8 Å². The van der Waals surface area contributed by atoms with Crippen LogP contribution in [0.4, 0.5) is 0 Å². The molecule has 0 spiro atoms. The van der Waals surface area contributed by atoms with Gasteiger partial charge in [0.25, 0.3) is 0 Å². The third-order valence-corrected chi connectivity index (χ3v) is 9.31. The Balaban J connectivity index is 1.31. The van der Waals surface area contributed by atoms with Crippen LogP contribution in [0.3, 0.4) is 0 Å². The molecule has 192 valence electrons. The van der Waals surface area contributed by atoms with Crippen LogP contribution in [0.15, 0.2) is 72.8 Å². The van der Waals surface area contributed by atoms with Crippen LogP contribution in [0, 0.1) is 11.8 Å². The van der Waals surface area contributed by atoms with E-state index in [-0.39, 0.29) is 0 Å². The van der Waals surface area contributed by atoms with Crippen molar-refractivity contribution >= 4 is 58.4 Å². The maximum atomic E-state index is 13.8. The fourth-order valence-electron chi connectivity index (χ4n) is 6.15. The molecule has 1 heterocycles. The van der Waals surface area contributed by atoms with E-state index in [4.69, 9.17) is 39.5 Å². The van der Waals surface area contributed by atoms with Gasteiger partial charge in [-0.25, -0.2) is 0 Å². The third kappa shape index (κ3) is 3.27. The van der Waals surface area contributed by atoms with Gasteiger partial charge in [-0.1, -0.05) is 60.1 Å². The summed E-state index contributed by atoms with van der Waals surface area (Å²) in [6.45, 7) is 0.771. The smallest absolute Gasteiger partial charge is 0.326 e. The minimum Gasteiger partial charge on any atom is -0.453 e. The molecule has 3 aliphatic carbocycles. The molecule has 2 amide bonds. The topological polar surface area (TPSA) is 80.8 Å². The van der Waals surface area contributed by atoms with Gasteiger partial charge in [0.05, 0.1) is 11.8 Å². The third-order valence-electron chi connectivity index (χ3n) is 7.77. The van der Waals surface area contributed by atoms with Gasteiger partial charge in [-0.3, -0.25) is 24.1 Å². The summed E-state index contributed by atoms with van der Waals surface area (Å²) in [4.78, 5) is 51.3. The van der Waals surface area contributed by atoms with Crippen LogP contribution in [0.2, 0.25) is 5.02 Å². The molecule has 0 N–H and O–H groups in total. The number of alkyl halides is 2. The Kier molecular flexibility index (Phi) is 5.73. The molecule has 6 nitrogen and oxygen atoms in total. The fraction of sp³-hybridized carbons (Fsp3) is 0.241. The number of nitrogens with zero attached hydrogens (tertiary/aromatic N) is 1. The van der Waals surface area contributed by atoms with Crippen molar-refractivity contribution < 1.29 is 23.9 Å². The Morgan fingerprint density at radius 2 is 1.24 bits per heavy atom. The molecule has 1 fully saturated rings. The Labute approximate surface area is 233 Å². The molecule has 4 aliphatic rings. The summed E-state index contributed by atoms with van der Waals surface area (Å²) in [5.41, 5.74) is 3.00. The average Bonchev–Trinajstić information content (AvgIpc) is 3.17. The van der Waals surface area contributed by atoms with Gasteiger partial charge in [0.1, 0.15) is 16.3 Å². The summed E-state index contributed by atoms with van der Waals surface area (Å²) in [6.07, 6.45) is -1.14. The molecular weight excluding hydrogens is 549 g/mol. The Morgan fingerprint density at radius 3 is 1.66 bits per heavy atom. The molecule has 3 aromatic rings. The van der Waals surface area contributed by atoms with Crippen molar-refractivity contribution in [3.05, 3.63) is 106 Å². The highest BCUT2D eigenvalue weighted by atomic mass is 35.5. The van der Waals surface area contributed by atoms with Gasteiger partial charge in [0, 0.05) is 10.6 Å². The molecule has 0 radical (unpaired) electrons. The van der Waals surface area contributed by atoms with Crippen LogP contribution in [-0.4, -0.2) is 41.1 Å². The molecule has 7 rings (SSSR count). The average molecular weight is 569 g/mol. The van der Waals surface area contributed by atoms with Crippen molar-refractivity contribution in [3.8, 4) is 0 Å². The zero-order chi connectivity index (χ0) is 27.0. The number of hydrogen-bond donors (Lipinski definition) is 0. The first-order chi connectivity index (χ1) is 18.1. The van der Waals surface area contributed by atoms with E-state index in [1.807, 2.05) is 48.5 Å². The summed E-state index contributed by atoms with van der Waals surface area (Å²) in [7, 11) is 0. The molecule has 0 saturated carbocycles. The van der Waals surface area contributed by atoms with Crippen molar-refractivity contribution in [1.82, 2.24) is 4.90 Å². The lowest BCUT2D eigenvalue weighted by Crippen LogP contribution is -2.57. The first-order valence-electron chi connectivity index (χ1n) is 12.0. The van der Waals surface area contributed by atoms with E-state index in [2.05, 4.69) is 0 Å². The van der Waals surface area contributed by atoms with Crippen LogP contribution < -0.4 is 0 Å². The maximum absolute atomic E-state index is 13.8. The molecule has 2 bridgehead atoms. The minimum atomic E-state index is -1.34. The molecule has 3 atom stereocenters. The molecule has 9 heteroatoms. The van der Waals surface area contributed by atoms with E-state index in [1.165, 1.54) is 19.1 Å². The molecule has 0 unspecified atom stereocenters. The van der Waals surface area contributed by atoms with Crippen molar-refractivity contribution in [3.63, 3.8) is 0 Å². The molecule has 38 heavy (non-hydrogen) atoms. The lowest BCUT2D eigenvalue weighted by Gasteiger charge is -2.54. The van der Waals surface area contributed by atoms with Crippen molar-refractivity contribution in [2.75, 3.05) is 6.54 Å². The van der Waals surface area contributed by atoms with Crippen molar-refractivity contribution in [1.29, 1.82) is 0 Å². The second-order valence-corrected chi connectivity index (χ2v) is 11.4. The van der Waals surface area contributed by atoms with E-state index in [1.54, 1.807) is 12.1 Å². The molecule has 0 aromatic heterocycles. The Morgan fingerprint density at radius 1 is 0.816 bits per heavy atom. The van der Waals surface area contributed by atoms with Gasteiger partial charge in [-0.05, 0) is 53.4 Å². The van der Waals surface area contributed by atoms with Crippen molar-refractivity contribution in [2.45, 2.75) is 22.8 Å². The first-order valence-corrected chi connectivity index (χ1v) is 13.2. The van der Waals surface area contributed by atoms with E-state index >= 15 is 0 Å². The number of Topliss-reactive ketones (excluding diaryl/α,β-unsaturated/α-hetero) is 1. The number of amides is 2. The second kappa shape index (κ2) is 8.67. The summed E-state index contributed by atoms with van der Waals surface area (Å²) in [6, 6.07) is 20.7. The fourth-order valence-corrected chi connectivity index (χ4v) is 7.37. The predicted molar refractivity (Wildman–Crippen MR) is 141 cm³/mol. The number of esters is 1. The van der Waals surface area contributed by atoms with Gasteiger partial charge < -0.3 is 4.74 Å². The number of ether oxygens (including phenoxy) is 1. The number of ketones is 1. The number of imide groups is 1. The lowest BCUT2D eigenvalue weighted by atomic mass is 9.54. The standard InChI is InChI=1S/C29H20Cl3NO5/c1-15(25(35)16-10-12-17(30)13-11-16)38-22(34)14-33-26(36)23-24(27(33)37)29(32)19-7-3-2-6-18(19)28(23,31)20-8-4-5-9-21(20)29/h2-13,15,23-24H,14H2,1H3/t15-,23+,24+,28?,29?/m0/s1.